The van der Waals surface area contributed by atoms with Crippen molar-refractivity contribution in [2.24, 2.45) is 0 Å². The lowest BCUT2D eigenvalue weighted by molar-refractivity contribution is -0.114. The van der Waals surface area contributed by atoms with Crippen LogP contribution in [0.3, 0.4) is 0 Å². The van der Waals surface area contributed by atoms with Gasteiger partial charge in [0.05, 0.1) is 11.5 Å². The Balaban J connectivity index is 1.33. The second-order valence-electron chi connectivity index (χ2n) is 9.36. The Labute approximate surface area is 233 Å². The van der Waals surface area contributed by atoms with Gasteiger partial charge < -0.3 is 10.6 Å². The van der Waals surface area contributed by atoms with Crippen molar-refractivity contribution in [1.29, 1.82) is 0 Å². The normalized spacial score (nSPS) is 10.7. The molecule has 2 N–H and O–H groups in total. The maximum atomic E-state index is 12.5. The third-order valence-electron chi connectivity index (χ3n) is 6.12. The number of nitrogens with one attached hydrogen (secondary N) is 2. The number of amides is 2. The van der Waals surface area contributed by atoms with Crippen molar-refractivity contribution in [2.75, 3.05) is 22.1 Å². The Hall–Kier alpha value is -3.48. The molecule has 0 radical (unpaired) electrons. The van der Waals surface area contributed by atoms with Crippen molar-refractivity contribution in [2.45, 2.75) is 37.5 Å². The molecule has 0 atom stereocenters. The second-order valence-corrected chi connectivity index (χ2v) is 11.5. The summed E-state index contributed by atoms with van der Waals surface area (Å²) in [7, 11) is 0. The maximum Gasteiger partial charge on any atom is 0.234 e. The Kier molecular flexibility index (Phi) is 9.32. The fourth-order valence-corrected chi connectivity index (χ4v) is 5.30. The maximum absolute atomic E-state index is 12.5. The Morgan fingerprint density at radius 2 is 0.921 bits per heavy atom. The van der Waals surface area contributed by atoms with E-state index in [2.05, 4.69) is 60.9 Å². The topological polar surface area (TPSA) is 58.2 Å². The fraction of sp³-hybridized carbons (Fsp3) is 0.188. The van der Waals surface area contributed by atoms with E-state index in [1.807, 2.05) is 62.4 Å². The molecular weight excluding hydrogens is 508 g/mol. The molecule has 4 aromatic rings. The lowest BCUT2D eigenvalue weighted by Crippen LogP contribution is -2.15. The van der Waals surface area contributed by atoms with E-state index in [4.69, 9.17) is 0 Å². The van der Waals surface area contributed by atoms with E-state index in [9.17, 15) is 9.59 Å². The highest BCUT2D eigenvalue weighted by atomic mass is 32.2. The monoisotopic (exact) mass is 540 g/mol. The number of anilines is 2. The summed E-state index contributed by atoms with van der Waals surface area (Å²) in [5, 5.41) is 6.06. The predicted octanol–water partition coefficient (Wildman–Crippen LogP) is 8.05. The van der Waals surface area contributed by atoms with Crippen molar-refractivity contribution in [3.8, 4) is 11.1 Å². The summed E-state index contributed by atoms with van der Waals surface area (Å²) in [6, 6.07) is 28.4. The SMILES string of the molecule is Cc1ccc(SCC(=O)Nc2ccc(-c3ccc(NC(=O)CSc4ccc(C)cc4)c(C)c3)cc2C)cc1. The number of hydrogen-bond donors (Lipinski definition) is 2. The average molecular weight is 541 g/mol. The molecule has 0 saturated carbocycles. The lowest BCUT2D eigenvalue weighted by Gasteiger charge is -2.13. The molecule has 4 nitrogen and oxygen atoms in total. The number of carbonyl (C=O) groups excluding carboxylic acids is 2. The van der Waals surface area contributed by atoms with E-state index in [1.54, 1.807) is 0 Å². The first-order valence-electron chi connectivity index (χ1n) is 12.5. The van der Waals surface area contributed by atoms with Gasteiger partial charge in [-0.25, -0.2) is 0 Å². The van der Waals surface area contributed by atoms with Gasteiger partial charge in [0.1, 0.15) is 0 Å². The van der Waals surface area contributed by atoms with Gasteiger partial charge in [0.25, 0.3) is 0 Å². The first kappa shape index (κ1) is 27.6. The van der Waals surface area contributed by atoms with Gasteiger partial charge in [-0.05, 0) is 98.5 Å². The van der Waals surface area contributed by atoms with E-state index in [-0.39, 0.29) is 11.8 Å². The van der Waals surface area contributed by atoms with Crippen LogP contribution in [0.2, 0.25) is 0 Å². The zero-order valence-electron chi connectivity index (χ0n) is 22.1. The van der Waals surface area contributed by atoms with E-state index in [0.29, 0.717) is 11.5 Å². The van der Waals surface area contributed by atoms with Gasteiger partial charge in [-0.15, -0.1) is 23.5 Å². The molecule has 38 heavy (non-hydrogen) atoms. The largest absolute Gasteiger partial charge is 0.325 e. The Bertz CT molecular complexity index is 1320. The highest BCUT2D eigenvalue weighted by Gasteiger charge is 2.10. The van der Waals surface area contributed by atoms with Crippen molar-refractivity contribution >= 4 is 46.7 Å². The van der Waals surface area contributed by atoms with E-state index in [1.165, 1.54) is 34.7 Å². The van der Waals surface area contributed by atoms with Gasteiger partial charge >= 0.3 is 0 Å². The number of benzene rings is 4. The number of carbonyl (C=O) groups is 2. The molecule has 194 valence electrons. The minimum absolute atomic E-state index is 0.0251. The molecule has 0 aliphatic carbocycles. The smallest absolute Gasteiger partial charge is 0.234 e. The van der Waals surface area contributed by atoms with Gasteiger partial charge in [-0.1, -0.05) is 47.5 Å². The van der Waals surface area contributed by atoms with Crippen molar-refractivity contribution in [3.05, 3.63) is 107 Å². The minimum atomic E-state index is -0.0251. The number of hydrogen-bond acceptors (Lipinski definition) is 4. The zero-order valence-corrected chi connectivity index (χ0v) is 23.8. The van der Waals surface area contributed by atoms with Crippen molar-refractivity contribution in [3.63, 3.8) is 0 Å². The van der Waals surface area contributed by atoms with Crippen LogP contribution in [0.1, 0.15) is 22.3 Å². The molecule has 0 heterocycles. The quantitative estimate of drug-likeness (QED) is 0.211. The lowest BCUT2D eigenvalue weighted by atomic mass is 10.00. The molecule has 0 unspecified atom stereocenters. The highest BCUT2D eigenvalue weighted by Crippen LogP contribution is 2.29. The Morgan fingerprint density at radius 3 is 1.26 bits per heavy atom. The molecule has 0 spiro atoms. The summed E-state index contributed by atoms with van der Waals surface area (Å²) in [6.07, 6.45) is 0. The van der Waals surface area contributed by atoms with Gasteiger partial charge in [0.15, 0.2) is 0 Å². The van der Waals surface area contributed by atoms with Crippen LogP contribution >= 0.6 is 23.5 Å². The van der Waals surface area contributed by atoms with Gasteiger partial charge in [0.2, 0.25) is 11.8 Å². The molecule has 2 amide bonds. The standard InChI is InChI=1S/C32H32N2O2S2/c1-21-5-11-27(12-6-21)37-19-31(35)33-29-15-9-25(17-23(29)3)26-10-16-30(24(4)18-26)34-32(36)20-38-28-13-7-22(2)8-14-28/h5-18H,19-20H2,1-4H3,(H,33,35)(H,34,36). The molecule has 0 aliphatic heterocycles. The van der Waals surface area contributed by atoms with Crippen LogP contribution < -0.4 is 10.6 Å². The third-order valence-corrected chi connectivity index (χ3v) is 8.14. The molecule has 0 aromatic heterocycles. The average Bonchev–Trinajstić information content (AvgIpc) is 2.90. The van der Waals surface area contributed by atoms with Gasteiger partial charge in [-0.3, -0.25) is 9.59 Å². The third kappa shape index (κ3) is 7.76. The summed E-state index contributed by atoms with van der Waals surface area (Å²) >= 11 is 3.06. The molecular formula is C32H32N2O2S2. The molecule has 6 heteroatoms. The van der Waals surface area contributed by atoms with Gasteiger partial charge in [-0.2, -0.15) is 0 Å². The van der Waals surface area contributed by atoms with Crippen LogP contribution in [0.4, 0.5) is 11.4 Å². The Morgan fingerprint density at radius 1 is 0.553 bits per heavy atom. The molecule has 0 saturated heterocycles. The van der Waals surface area contributed by atoms with E-state index >= 15 is 0 Å². The number of thioether (sulfide) groups is 2. The van der Waals surface area contributed by atoms with E-state index < -0.39 is 0 Å². The van der Waals surface area contributed by atoms with Crippen LogP contribution in [0.5, 0.6) is 0 Å². The van der Waals surface area contributed by atoms with Crippen LogP contribution in [0.25, 0.3) is 11.1 Å². The van der Waals surface area contributed by atoms with Crippen molar-refractivity contribution < 1.29 is 9.59 Å². The number of aryl methyl sites for hydroxylation is 4. The molecule has 4 rings (SSSR count). The first-order valence-corrected chi connectivity index (χ1v) is 14.4. The zero-order chi connectivity index (χ0) is 27.1. The molecule has 0 fully saturated rings. The van der Waals surface area contributed by atoms with Crippen molar-refractivity contribution in [1.82, 2.24) is 0 Å². The highest BCUT2D eigenvalue weighted by molar-refractivity contribution is 8.00. The molecule has 0 aliphatic rings. The van der Waals surface area contributed by atoms with Gasteiger partial charge in [0, 0.05) is 21.2 Å². The number of rotatable bonds is 9. The summed E-state index contributed by atoms with van der Waals surface area (Å²) < 4.78 is 0. The molecule has 0 bridgehead atoms. The molecule has 4 aromatic carbocycles. The first-order chi connectivity index (χ1) is 18.3. The van der Waals surface area contributed by atoms with Crippen LogP contribution in [-0.4, -0.2) is 23.3 Å². The summed E-state index contributed by atoms with van der Waals surface area (Å²) in [6.45, 7) is 8.10. The van der Waals surface area contributed by atoms with Crippen LogP contribution in [0, 0.1) is 27.7 Å². The minimum Gasteiger partial charge on any atom is -0.325 e. The summed E-state index contributed by atoms with van der Waals surface area (Å²) in [5.41, 5.74) is 8.16. The summed E-state index contributed by atoms with van der Waals surface area (Å²) in [4.78, 5) is 27.2. The predicted molar refractivity (Wildman–Crippen MR) is 162 cm³/mol. The summed E-state index contributed by atoms with van der Waals surface area (Å²) in [5.74, 6) is 0.672. The van der Waals surface area contributed by atoms with E-state index in [0.717, 1.165) is 43.4 Å². The van der Waals surface area contributed by atoms with Crippen LogP contribution in [-0.2, 0) is 9.59 Å². The second kappa shape index (κ2) is 12.9. The fourth-order valence-electron chi connectivity index (χ4n) is 3.91. The van der Waals surface area contributed by atoms with Crippen LogP contribution in [0.15, 0.2) is 94.7 Å².